The van der Waals surface area contributed by atoms with Crippen LogP contribution < -0.4 is 0 Å². The third-order valence-corrected chi connectivity index (χ3v) is 4.56. The van der Waals surface area contributed by atoms with E-state index in [4.69, 9.17) is 0 Å². The van der Waals surface area contributed by atoms with E-state index in [2.05, 4.69) is 47.4 Å². The molecule has 0 aliphatic rings. The van der Waals surface area contributed by atoms with Crippen molar-refractivity contribution < 1.29 is 4.79 Å². The SMILES string of the molecule is CN(C)CCN(Cc1ccccc1)C(=O)Cc1ccc2ccccc2c1. The number of benzene rings is 3. The Balaban J connectivity index is 1.74. The molecule has 3 heteroatoms. The number of likely N-dealkylation sites (N-methyl/N-ethyl adjacent to an activating group) is 1. The highest BCUT2D eigenvalue weighted by Gasteiger charge is 2.15. The van der Waals surface area contributed by atoms with E-state index in [-0.39, 0.29) is 5.91 Å². The van der Waals surface area contributed by atoms with E-state index in [1.165, 1.54) is 10.8 Å². The smallest absolute Gasteiger partial charge is 0.227 e. The second kappa shape index (κ2) is 8.63. The Morgan fingerprint density at radius 3 is 2.19 bits per heavy atom. The molecule has 0 unspecified atom stereocenters. The molecule has 0 aliphatic carbocycles. The second-order valence-electron chi connectivity index (χ2n) is 6.96. The topological polar surface area (TPSA) is 23.6 Å². The summed E-state index contributed by atoms with van der Waals surface area (Å²) in [5.41, 5.74) is 2.23. The average Bonchev–Trinajstić information content (AvgIpc) is 2.65. The fourth-order valence-electron chi connectivity index (χ4n) is 3.05. The molecule has 0 saturated heterocycles. The van der Waals surface area contributed by atoms with Gasteiger partial charge in [-0.1, -0.05) is 72.8 Å². The lowest BCUT2D eigenvalue weighted by atomic mass is 10.0. The molecule has 0 saturated carbocycles. The van der Waals surface area contributed by atoms with Gasteiger partial charge in [-0.05, 0) is 36.0 Å². The lowest BCUT2D eigenvalue weighted by molar-refractivity contribution is -0.131. The van der Waals surface area contributed by atoms with Crippen molar-refractivity contribution in [3.8, 4) is 0 Å². The van der Waals surface area contributed by atoms with Gasteiger partial charge >= 0.3 is 0 Å². The van der Waals surface area contributed by atoms with Crippen molar-refractivity contribution in [2.45, 2.75) is 13.0 Å². The van der Waals surface area contributed by atoms with Crippen molar-refractivity contribution in [1.29, 1.82) is 0 Å². The van der Waals surface area contributed by atoms with Crippen molar-refractivity contribution in [1.82, 2.24) is 9.80 Å². The van der Waals surface area contributed by atoms with Gasteiger partial charge in [0.15, 0.2) is 0 Å². The van der Waals surface area contributed by atoms with E-state index in [9.17, 15) is 4.79 Å². The maximum Gasteiger partial charge on any atom is 0.227 e. The van der Waals surface area contributed by atoms with E-state index in [0.29, 0.717) is 13.0 Å². The highest BCUT2D eigenvalue weighted by molar-refractivity contribution is 5.85. The first-order chi connectivity index (χ1) is 12.6. The lowest BCUT2D eigenvalue weighted by Gasteiger charge is -2.25. The molecule has 134 valence electrons. The fraction of sp³-hybridized carbons (Fsp3) is 0.261. The molecule has 3 aromatic rings. The molecule has 0 N–H and O–H groups in total. The Morgan fingerprint density at radius 1 is 0.769 bits per heavy atom. The Labute approximate surface area is 155 Å². The van der Waals surface area contributed by atoms with Gasteiger partial charge in [0.2, 0.25) is 5.91 Å². The number of carbonyl (C=O) groups is 1. The van der Waals surface area contributed by atoms with Crippen LogP contribution in [-0.4, -0.2) is 42.9 Å². The van der Waals surface area contributed by atoms with Crippen LogP contribution in [0.5, 0.6) is 0 Å². The number of nitrogens with zero attached hydrogens (tertiary/aromatic N) is 2. The normalized spacial score (nSPS) is 11.0. The van der Waals surface area contributed by atoms with Crippen LogP contribution in [0.1, 0.15) is 11.1 Å². The lowest BCUT2D eigenvalue weighted by Crippen LogP contribution is -2.37. The highest BCUT2D eigenvalue weighted by atomic mass is 16.2. The Hall–Kier alpha value is -2.65. The van der Waals surface area contributed by atoms with E-state index < -0.39 is 0 Å². The predicted molar refractivity (Wildman–Crippen MR) is 108 cm³/mol. The number of rotatable bonds is 7. The molecule has 0 heterocycles. The number of hydrogen-bond donors (Lipinski definition) is 0. The first kappa shape index (κ1) is 18.2. The minimum absolute atomic E-state index is 0.172. The highest BCUT2D eigenvalue weighted by Crippen LogP contribution is 2.17. The van der Waals surface area contributed by atoms with E-state index in [1.807, 2.05) is 49.3 Å². The molecule has 0 aromatic heterocycles. The summed E-state index contributed by atoms with van der Waals surface area (Å²) in [6.45, 7) is 2.24. The van der Waals surface area contributed by atoms with Crippen molar-refractivity contribution in [3.05, 3.63) is 83.9 Å². The third kappa shape index (κ3) is 4.93. The van der Waals surface area contributed by atoms with Crippen LogP contribution in [0.3, 0.4) is 0 Å². The summed E-state index contributed by atoms with van der Waals surface area (Å²) in [6, 6.07) is 24.7. The molecule has 0 bridgehead atoms. The molecule has 3 nitrogen and oxygen atoms in total. The standard InChI is InChI=1S/C23H26N2O/c1-24(2)14-15-25(18-19-8-4-3-5-9-19)23(26)17-20-12-13-21-10-6-7-11-22(21)16-20/h3-13,16H,14-15,17-18H2,1-2H3. The van der Waals surface area contributed by atoms with Crippen LogP contribution in [0.2, 0.25) is 0 Å². The molecule has 26 heavy (non-hydrogen) atoms. The van der Waals surface area contributed by atoms with Gasteiger partial charge in [0.05, 0.1) is 6.42 Å². The van der Waals surface area contributed by atoms with Gasteiger partial charge in [-0.3, -0.25) is 4.79 Å². The van der Waals surface area contributed by atoms with E-state index in [0.717, 1.165) is 24.2 Å². The molecule has 0 radical (unpaired) electrons. The van der Waals surface area contributed by atoms with Crippen LogP contribution in [0.15, 0.2) is 72.8 Å². The van der Waals surface area contributed by atoms with Crippen molar-refractivity contribution in [2.24, 2.45) is 0 Å². The minimum Gasteiger partial charge on any atom is -0.337 e. The molecule has 0 fully saturated rings. The largest absolute Gasteiger partial charge is 0.337 e. The summed E-state index contributed by atoms with van der Waals surface area (Å²) in [5.74, 6) is 0.172. The molecule has 3 aromatic carbocycles. The Morgan fingerprint density at radius 2 is 1.46 bits per heavy atom. The number of carbonyl (C=O) groups excluding carboxylic acids is 1. The van der Waals surface area contributed by atoms with E-state index >= 15 is 0 Å². The molecule has 0 spiro atoms. The summed E-state index contributed by atoms with van der Waals surface area (Å²) >= 11 is 0. The van der Waals surface area contributed by atoms with Crippen LogP contribution in [0.4, 0.5) is 0 Å². The fourth-order valence-corrected chi connectivity index (χ4v) is 3.05. The summed E-state index contributed by atoms with van der Waals surface area (Å²) in [6.07, 6.45) is 0.436. The summed E-state index contributed by atoms with van der Waals surface area (Å²) in [5, 5.41) is 2.39. The first-order valence-corrected chi connectivity index (χ1v) is 9.06. The van der Waals surface area contributed by atoms with Crippen LogP contribution >= 0.6 is 0 Å². The van der Waals surface area contributed by atoms with Gasteiger partial charge in [-0.15, -0.1) is 0 Å². The van der Waals surface area contributed by atoms with Gasteiger partial charge in [-0.2, -0.15) is 0 Å². The van der Waals surface area contributed by atoms with Gasteiger partial charge in [0.25, 0.3) is 0 Å². The summed E-state index contributed by atoms with van der Waals surface area (Å²) in [4.78, 5) is 17.0. The predicted octanol–water partition coefficient (Wildman–Crippen LogP) is 3.97. The number of amides is 1. The average molecular weight is 346 g/mol. The molecular weight excluding hydrogens is 320 g/mol. The van der Waals surface area contributed by atoms with Gasteiger partial charge in [-0.25, -0.2) is 0 Å². The zero-order chi connectivity index (χ0) is 18.4. The van der Waals surface area contributed by atoms with E-state index in [1.54, 1.807) is 0 Å². The number of hydrogen-bond acceptors (Lipinski definition) is 2. The summed E-state index contributed by atoms with van der Waals surface area (Å²) < 4.78 is 0. The van der Waals surface area contributed by atoms with Crippen LogP contribution in [0.25, 0.3) is 10.8 Å². The molecule has 3 rings (SSSR count). The second-order valence-corrected chi connectivity index (χ2v) is 6.96. The van der Waals surface area contributed by atoms with Gasteiger partial charge in [0, 0.05) is 19.6 Å². The van der Waals surface area contributed by atoms with Crippen LogP contribution in [-0.2, 0) is 17.8 Å². The third-order valence-electron chi connectivity index (χ3n) is 4.56. The van der Waals surface area contributed by atoms with Crippen molar-refractivity contribution in [3.63, 3.8) is 0 Å². The van der Waals surface area contributed by atoms with Crippen molar-refractivity contribution in [2.75, 3.05) is 27.2 Å². The molecule has 0 atom stereocenters. The Kier molecular flexibility index (Phi) is 6.03. The van der Waals surface area contributed by atoms with Gasteiger partial charge < -0.3 is 9.80 Å². The van der Waals surface area contributed by atoms with Crippen LogP contribution in [0, 0.1) is 0 Å². The monoisotopic (exact) mass is 346 g/mol. The zero-order valence-electron chi connectivity index (χ0n) is 15.6. The first-order valence-electron chi connectivity index (χ1n) is 9.06. The van der Waals surface area contributed by atoms with Crippen molar-refractivity contribution >= 4 is 16.7 Å². The maximum atomic E-state index is 13.0. The molecular formula is C23H26N2O. The molecule has 0 aliphatic heterocycles. The maximum absolute atomic E-state index is 13.0. The number of fused-ring (bicyclic) bond motifs is 1. The zero-order valence-corrected chi connectivity index (χ0v) is 15.6. The molecule has 1 amide bonds. The Bertz CT molecular complexity index is 858. The minimum atomic E-state index is 0.172. The quantitative estimate of drug-likeness (QED) is 0.646. The summed E-state index contributed by atoms with van der Waals surface area (Å²) in [7, 11) is 4.07. The van der Waals surface area contributed by atoms with Gasteiger partial charge in [0.1, 0.15) is 0 Å².